The summed E-state index contributed by atoms with van der Waals surface area (Å²) < 4.78 is 0. The van der Waals surface area contributed by atoms with Gasteiger partial charge in [-0.3, -0.25) is 14.9 Å². The fraction of sp³-hybridized carbons (Fsp3) is 0.409. The van der Waals surface area contributed by atoms with E-state index in [0.29, 0.717) is 23.1 Å². The van der Waals surface area contributed by atoms with E-state index in [1.54, 1.807) is 12.1 Å². The Morgan fingerprint density at radius 1 is 1.18 bits per heavy atom. The summed E-state index contributed by atoms with van der Waals surface area (Å²) in [6.07, 6.45) is 1.92. The lowest BCUT2D eigenvalue weighted by molar-refractivity contribution is -0.384. The fourth-order valence-electron chi connectivity index (χ4n) is 4.08. The van der Waals surface area contributed by atoms with Crippen LogP contribution in [0.1, 0.15) is 43.1 Å². The first-order chi connectivity index (χ1) is 13.4. The maximum atomic E-state index is 12.7. The number of nitro benzene ring substituents is 1. The molecule has 0 bridgehead atoms. The number of anilines is 2. The maximum absolute atomic E-state index is 12.7. The lowest BCUT2D eigenvalue weighted by Gasteiger charge is -2.36. The summed E-state index contributed by atoms with van der Waals surface area (Å²) in [4.78, 5) is 26.1. The average Bonchev–Trinajstić information content (AvgIpc) is 2.67. The predicted octanol–water partition coefficient (Wildman–Crippen LogP) is 4.89. The molecule has 0 spiro atoms. The summed E-state index contributed by atoms with van der Waals surface area (Å²) in [5.74, 6) is 0.629. The highest BCUT2D eigenvalue weighted by molar-refractivity contribution is 6.05. The molecule has 0 saturated carbocycles. The number of aryl methyl sites for hydroxylation is 1. The Kier molecular flexibility index (Phi) is 5.97. The number of carbonyl (C=O) groups excluding carboxylic acids is 1. The SMILES string of the molecule is CCc1ccccc1NC(=O)c1ccc(N2C[C@H](C)C[C@@H](C)C2)c([N+](=O)[O-])c1. The molecule has 2 aromatic rings. The summed E-state index contributed by atoms with van der Waals surface area (Å²) in [7, 11) is 0. The normalized spacial score (nSPS) is 19.3. The van der Waals surface area contributed by atoms with Crippen LogP contribution < -0.4 is 10.2 Å². The summed E-state index contributed by atoms with van der Waals surface area (Å²) in [5, 5.41) is 14.6. The number of hydrogen-bond donors (Lipinski definition) is 1. The van der Waals surface area contributed by atoms with Crippen LogP contribution in [0.15, 0.2) is 42.5 Å². The van der Waals surface area contributed by atoms with Gasteiger partial charge in [-0.25, -0.2) is 0 Å². The van der Waals surface area contributed by atoms with Gasteiger partial charge in [-0.05, 0) is 48.4 Å². The molecule has 6 heteroatoms. The first kappa shape index (κ1) is 19.9. The number of hydrogen-bond acceptors (Lipinski definition) is 4. The molecule has 0 unspecified atom stereocenters. The second-order valence-corrected chi connectivity index (χ2v) is 7.78. The third kappa shape index (κ3) is 4.32. The molecule has 1 N–H and O–H groups in total. The zero-order chi connectivity index (χ0) is 20.3. The van der Waals surface area contributed by atoms with Crippen molar-refractivity contribution in [1.82, 2.24) is 0 Å². The van der Waals surface area contributed by atoms with E-state index in [1.807, 2.05) is 31.2 Å². The molecular weight excluding hydrogens is 354 g/mol. The van der Waals surface area contributed by atoms with Gasteiger partial charge >= 0.3 is 0 Å². The molecule has 0 aliphatic carbocycles. The molecule has 1 saturated heterocycles. The van der Waals surface area contributed by atoms with Gasteiger partial charge in [0.2, 0.25) is 0 Å². The third-order valence-corrected chi connectivity index (χ3v) is 5.29. The van der Waals surface area contributed by atoms with Crippen molar-refractivity contribution in [2.24, 2.45) is 11.8 Å². The van der Waals surface area contributed by atoms with Crippen LogP contribution in [0.4, 0.5) is 17.1 Å². The second kappa shape index (κ2) is 8.42. The van der Waals surface area contributed by atoms with Gasteiger partial charge in [0.25, 0.3) is 11.6 Å². The molecule has 1 heterocycles. The van der Waals surface area contributed by atoms with Crippen LogP contribution in [0.3, 0.4) is 0 Å². The molecule has 1 amide bonds. The molecule has 1 aliphatic heterocycles. The number of nitro groups is 1. The van der Waals surface area contributed by atoms with Crippen molar-refractivity contribution < 1.29 is 9.72 Å². The monoisotopic (exact) mass is 381 g/mol. The number of benzene rings is 2. The van der Waals surface area contributed by atoms with Crippen molar-refractivity contribution in [1.29, 1.82) is 0 Å². The summed E-state index contributed by atoms with van der Waals surface area (Å²) in [5.41, 5.74) is 2.63. The molecule has 2 aromatic carbocycles. The summed E-state index contributed by atoms with van der Waals surface area (Å²) in [6.45, 7) is 7.94. The minimum atomic E-state index is -0.393. The molecule has 148 valence electrons. The van der Waals surface area contributed by atoms with E-state index in [2.05, 4.69) is 24.1 Å². The number of nitrogens with one attached hydrogen (secondary N) is 1. The van der Waals surface area contributed by atoms with Gasteiger partial charge < -0.3 is 10.2 Å². The standard InChI is InChI=1S/C22H27N3O3/c1-4-17-7-5-6-8-19(17)23-22(26)18-9-10-20(21(12-18)25(27)28)24-13-15(2)11-16(3)14-24/h5-10,12,15-16H,4,11,13-14H2,1-3H3,(H,23,26)/t15-,16-/m1/s1. The van der Waals surface area contributed by atoms with Crippen LogP contribution >= 0.6 is 0 Å². The van der Waals surface area contributed by atoms with Crippen LogP contribution in [0.2, 0.25) is 0 Å². The van der Waals surface area contributed by atoms with Crippen LogP contribution in [0.5, 0.6) is 0 Å². The lowest BCUT2D eigenvalue weighted by Crippen LogP contribution is -2.39. The molecule has 2 atom stereocenters. The Balaban J connectivity index is 1.88. The molecule has 0 radical (unpaired) electrons. The van der Waals surface area contributed by atoms with E-state index in [-0.39, 0.29) is 11.6 Å². The van der Waals surface area contributed by atoms with Gasteiger partial charge in [-0.15, -0.1) is 0 Å². The first-order valence-corrected chi connectivity index (χ1v) is 9.81. The number of rotatable bonds is 5. The highest BCUT2D eigenvalue weighted by Crippen LogP contribution is 2.34. The topological polar surface area (TPSA) is 75.5 Å². The zero-order valence-corrected chi connectivity index (χ0v) is 16.6. The largest absolute Gasteiger partial charge is 0.365 e. The Hall–Kier alpha value is -2.89. The number of amides is 1. The number of piperidine rings is 1. The molecule has 6 nitrogen and oxygen atoms in total. The minimum Gasteiger partial charge on any atom is -0.365 e. The van der Waals surface area contributed by atoms with Gasteiger partial charge in [0, 0.05) is 30.4 Å². The van der Waals surface area contributed by atoms with Crippen molar-refractivity contribution in [3.05, 3.63) is 63.7 Å². The number of carbonyl (C=O) groups is 1. The van der Waals surface area contributed by atoms with E-state index >= 15 is 0 Å². The van der Waals surface area contributed by atoms with Crippen LogP contribution in [0.25, 0.3) is 0 Å². The molecule has 28 heavy (non-hydrogen) atoms. The fourth-order valence-corrected chi connectivity index (χ4v) is 4.08. The van der Waals surface area contributed by atoms with Gasteiger partial charge in [-0.2, -0.15) is 0 Å². The molecule has 1 aliphatic rings. The molecular formula is C22H27N3O3. The molecule has 0 aromatic heterocycles. The highest BCUT2D eigenvalue weighted by atomic mass is 16.6. The molecule has 1 fully saturated rings. The third-order valence-electron chi connectivity index (χ3n) is 5.29. The maximum Gasteiger partial charge on any atom is 0.293 e. The smallest absolute Gasteiger partial charge is 0.293 e. The Labute approximate surface area is 165 Å². The van der Waals surface area contributed by atoms with Crippen molar-refractivity contribution in [3.8, 4) is 0 Å². The van der Waals surface area contributed by atoms with Crippen LogP contribution in [0, 0.1) is 22.0 Å². The summed E-state index contributed by atoms with van der Waals surface area (Å²) >= 11 is 0. The summed E-state index contributed by atoms with van der Waals surface area (Å²) in [6, 6.07) is 12.4. The van der Waals surface area contributed by atoms with E-state index in [0.717, 1.165) is 37.2 Å². The number of para-hydroxylation sites is 1. The van der Waals surface area contributed by atoms with Gasteiger partial charge in [0.15, 0.2) is 0 Å². The quantitative estimate of drug-likeness (QED) is 0.591. The zero-order valence-electron chi connectivity index (χ0n) is 16.6. The Morgan fingerprint density at radius 2 is 1.86 bits per heavy atom. The second-order valence-electron chi connectivity index (χ2n) is 7.78. The number of nitrogens with zero attached hydrogens (tertiary/aromatic N) is 2. The average molecular weight is 381 g/mol. The lowest BCUT2D eigenvalue weighted by atomic mass is 9.91. The van der Waals surface area contributed by atoms with Crippen LogP contribution in [-0.2, 0) is 6.42 Å². The van der Waals surface area contributed by atoms with Gasteiger partial charge in [-0.1, -0.05) is 39.0 Å². The van der Waals surface area contributed by atoms with Crippen molar-refractivity contribution in [2.45, 2.75) is 33.6 Å². The first-order valence-electron chi connectivity index (χ1n) is 9.81. The van der Waals surface area contributed by atoms with E-state index < -0.39 is 4.92 Å². The van der Waals surface area contributed by atoms with Crippen molar-refractivity contribution in [2.75, 3.05) is 23.3 Å². The Bertz CT molecular complexity index is 871. The highest BCUT2D eigenvalue weighted by Gasteiger charge is 2.28. The van der Waals surface area contributed by atoms with E-state index in [1.165, 1.54) is 6.07 Å². The van der Waals surface area contributed by atoms with Gasteiger partial charge in [0.05, 0.1) is 4.92 Å². The predicted molar refractivity (Wildman–Crippen MR) is 112 cm³/mol. The van der Waals surface area contributed by atoms with E-state index in [4.69, 9.17) is 0 Å². The minimum absolute atomic E-state index is 0.0160. The van der Waals surface area contributed by atoms with Crippen LogP contribution in [-0.4, -0.2) is 23.9 Å². The Morgan fingerprint density at radius 3 is 2.50 bits per heavy atom. The molecule has 3 rings (SSSR count). The van der Waals surface area contributed by atoms with E-state index in [9.17, 15) is 14.9 Å². The van der Waals surface area contributed by atoms with Gasteiger partial charge in [0.1, 0.15) is 5.69 Å². The van der Waals surface area contributed by atoms with Crippen molar-refractivity contribution >= 4 is 23.0 Å². The van der Waals surface area contributed by atoms with Crippen molar-refractivity contribution in [3.63, 3.8) is 0 Å².